The zero-order valence-electron chi connectivity index (χ0n) is 11.9. The fraction of sp³-hybridized carbons (Fsp3) is 0.533. The van der Waals surface area contributed by atoms with E-state index >= 15 is 0 Å². The van der Waals surface area contributed by atoms with Gasteiger partial charge in [-0.15, -0.1) is 0 Å². The number of benzene rings is 1. The first-order valence-corrected chi connectivity index (χ1v) is 6.57. The fourth-order valence-electron chi connectivity index (χ4n) is 1.65. The van der Waals surface area contributed by atoms with Crippen LogP contribution in [0.5, 0.6) is 0 Å². The molecule has 4 nitrogen and oxygen atoms in total. The van der Waals surface area contributed by atoms with Gasteiger partial charge in [0.2, 0.25) is 0 Å². The molecule has 0 unspecified atom stereocenters. The molecule has 0 bridgehead atoms. The van der Waals surface area contributed by atoms with Crippen molar-refractivity contribution in [2.45, 2.75) is 26.3 Å². The first-order valence-electron chi connectivity index (χ1n) is 6.57. The highest BCUT2D eigenvalue weighted by molar-refractivity contribution is 5.70. The molecule has 0 radical (unpaired) electrons. The van der Waals surface area contributed by atoms with Gasteiger partial charge < -0.3 is 14.8 Å². The Hall–Kier alpha value is -1.39. The lowest BCUT2D eigenvalue weighted by molar-refractivity contribution is -0.147. The minimum Gasteiger partial charge on any atom is -0.463 e. The van der Waals surface area contributed by atoms with Gasteiger partial charge in [0.25, 0.3) is 0 Å². The van der Waals surface area contributed by atoms with Crippen molar-refractivity contribution in [1.82, 2.24) is 5.32 Å². The third-order valence-electron chi connectivity index (χ3n) is 2.78. The molecule has 1 aromatic rings. The monoisotopic (exact) mass is 265 g/mol. The summed E-state index contributed by atoms with van der Waals surface area (Å²) in [5, 5.41) is 3.23. The Labute approximate surface area is 115 Å². The molecule has 19 heavy (non-hydrogen) atoms. The number of rotatable bonds is 8. The number of nitrogens with one attached hydrogen (secondary N) is 1. The summed E-state index contributed by atoms with van der Waals surface area (Å²) in [6.45, 7) is 6.16. The summed E-state index contributed by atoms with van der Waals surface area (Å²) in [6, 6.07) is 8.55. The van der Waals surface area contributed by atoms with Crippen molar-refractivity contribution in [1.29, 1.82) is 0 Å². The maximum atomic E-state index is 11.0. The van der Waals surface area contributed by atoms with Gasteiger partial charge in [-0.05, 0) is 17.0 Å². The van der Waals surface area contributed by atoms with Gasteiger partial charge >= 0.3 is 5.97 Å². The highest BCUT2D eigenvalue weighted by atomic mass is 16.6. The van der Waals surface area contributed by atoms with Crippen molar-refractivity contribution in [3.8, 4) is 0 Å². The van der Waals surface area contributed by atoms with Gasteiger partial charge in [0.15, 0.2) is 0 Å². The van der Waals surface area contributed by atoms with E-state index in [9.17, 15) is 4.79 Å². The van der Waals surface area contributed by atoms with Crippen molar-refractivity contribution in [2.75, 3.05) is 26.9 Å². The Morgan fingerprint density at radius 2 is 1.95 bits per heavy atom. The van der Waals surface area contributed by atoms with E-state index in [4.69, 9.17) is 4.74 Å². The van der Waals surface area contributed by atoms with Crippen LogP contribution in [0.3, 0.4) is 0 Å². The van der Waals surface area contributed by atoms with Crippen molar-refractivity contribution in [3.05, 3.63) is 35.4 Å². The standard InChI is InChI=1S/C15H23NO3/c1-12(2)14-6-4-13(5-7-14)10-16-8-9-19-15(17)11-18-3/h4-7,12,16H,8-11H2,1-3H3. The number of hydrogen-bond donors (Lipinski definition) is 1. The number of ether oxygens (including phenoxy) is 2. The van der Waals surface area contributed by atoms with E-state index < -0.39 is 0 Å². The number of esters is 1. The molecule has 0 heterocycles. The predicted octanol–water partition coefficient (Wildman–Crippen LogP) is 2.09. The van der Waals surface area contributed by atoms with Crippen LogP contribution < -0.4 is 5.32 Å². The number of carbonyl (C=O) groups is 1. The van der Waals surface area contributed by atoms with Crippen molar-refractivity contribution in [2.24, 2.45) is 0 Å². The van der Waals surface area contributed by atoms with E-state index in [2.05, 4.69) is 48.2 Å². The molecule has 0 aliphatic rings. The summed E-state index contributed by atoms with van der Waals surface area (Å²) in [5.74, 6) is 0.229. The van der Waals surface area contributed by atoms with Crippen molar-refractivity contribution in [3.63, 3.8) is 0 Å². The van der Waals surface area contributed by atoms with Gasteiger partial charge in [-0.3, -0.25) is 0 Å². The molecule has 0 fully saturated rings. The van der Waals surface area contributed by atoms with Crippen molar-refractivity contribution < 1.29 is 14.3 Å². The Bertz CT molecular complexity index is 373. The summed E-state index contributed by atoms with van der Waals surface area (Å²) >= 11 is 0. The number of hydrogen-bond acceptors (Lipinski definition) is 4. The van der Waals surface area contributed by atoms with E-state index in [0.717, 1.165) is 6.54 Å². The highest BCUT2D eigenvalue weighted by Gasteiger charge is 2.01. The van der Waals surface area contributed by atoms with Gasteiger partial charge in [-0.2, -0.15) is 0 Å². The Kier molecular flexibility index (Phi) is 7.15. The van der Waals surface area contributed by atoms with Crippen LogP contribution in [0.25, 0.3) is 0 Å². The zero-order valence-corrected chi connectivity index (χ0v) is 11.9. The second-order valence-electron chi connectivity index (χ2n) is 4.73. The molecule has 0 saturated heterocycles. The fourth-order valence-corrected chi connectivity index (χ4v) is 1.65. The topological polar surface area (TPSA) is 47.6 Å². The van der Waals surface area contributed by atoms with Gasteiger partial charge in [-0.1, -0.05) is 38.1 Å². The van der Waals surface area contributed by atoms with Crippen LogP contribution in [-0.2, 0) is 20.8 Å². The summed E-state index contributed by atoms with van der Waals surface area (Å²) in [4.78, 5) is 11.0. The van der Waals surface area contributed by atoms with E-state index in [1.54, 1.807) is 0 Å². The molecule has 4 heteroatoms. The molecule has 106 valence electrons. The summed E-state index contributed by atoms with van der Waals surface area (Å²) in [7, 11) is 1.47. The first kappa shape index (κ1) is 15.7. The molecular weight excluding hydrogens is 242 g/mol. The van der Waals surface area contributed by atoms with Crippen molar-refractivity contribution >= 4 is 5.97 Å². The quantitative estimate of drug-likeness (QED) is 0.577. The second-order valence-corrected chi connectivity index (χ2v) is 4.73. The smallest absolute Gasteiger partial charge is 0.332 e. The van der Waals surface area contributed by atoms with Crippen LogP contribution in [-0.4, -0.2) is 32.8 Å². The van der Waals surface area contributed by atoms with Crippen LogP contribution in [0.2, 0.25) is 0 Å². The molecule has 0 atom stereocenters. The van der Waals surface area contributed by atoms with Crippen LogP contribution in [0.1, 0.15) is 30.9 Å². The molecule has 0 spiro atoms. The van der Waals surface area contributed by atoms with Crippen LogP contribution in [0.4, 0.5) is 0 Å². The SMILES string of the molecule is COCC(=O)OCCNCc1ccc(C(C)C)cc1. The highest BCUT2D eigenvalue weighted by Crippen LogP contribution is 2.14. The molecular formula is C15H23NO3. The van der Waals surface area contributed by atoms with Gasteiger partial charge in [0.05, 0.1) is 0 Å². The normalized spacial score (nSPS) is 10.7. The number of carbonyl (C=O) groups excluding carboxylic acids is 1. The lowest BCUT2D eigenvalue weighted by Gasteiger charge is -2.08. The minimum absolute atomic E-state index is 0.0106. The van der Waals surface area contributed by atoms with E-state index in [1.807, 2.05) is 0 Å². The lowest BCUT2D eigenvalue weighted by atomic mass is 10.0. The summed E-state index contributed by atoms with van der Waals surface area (Å²) in [5.41, 5.74) is 2.57. The zero-order chi connectivity index (χ0) is 14.1. The van der Waals surface area contributed by atoms with Crippen LogP contribution in [0, 0.1) is 0 Å². The molecule has 0 aliphatic carbocycles. The average molecular weight is 265 g/mol. The third-order valence-corrected chi connectivity index (χ3v) is 2.78. The lowest BCUT2D eigenvalue weighted by Crippen LogP contribution is -2.22. The molecule has 0 amide bonds. The minimum atomic E-state index is -0.328. The van der Waals surface area contributed by atoms with Gasteiger partial charge in [-0.25, -0.2) is 4.79 Å². The van der Waals surface area contributed by atoms with E-state index in [0.29, 0.717) is 19.1 Å². The maximum absolute atomic E-state index is 11.0. The van der Waals surface area contributed by atoms with E-state index in [-0.39, 0.29) is 12.6 Å². The molecule has 1 aromatic carbocycles. The van der Waals surface area contributed by atoms with Gasteiger partial charge in [0, 0.05) is 20.2 Å². The Morgan fingerprint density at radius 3 is 2.53 bits per heavy atom. The molecule has 0 aliphatic heterocycles. The average Bonchev–Trinajstić information content (AvgIpc) is 2.39. The maximum Gasteiger partial charge on any atom is 0.332 e. The van der Waals surface area contributed by atoms with Crippen LogP contribution >= 0.6 is 0 Å². The molecule has 0 saturated carbocycles. The molecule has 0 aromatic heterocycles. The summed E-state index contributed by atoms with van der Waals surface area (Å²) < 4.78 is 9.61. The third kappa shape index (κ3) is 6.36. The van der Waals surface area contributed by atoms with Gasteiger partial charge in [0.1, 0.15) is 13.2 Å². The second kappa shape index (κ2) is 8.67. The molecule has 1 rings (SSSR count). The van der Waals surface area contributed by atoms with E-state index in [1.165, 1.54) is 18.2 Å². The first-order chi connectivity index (χ1) is 9.13. The largest absolute Gasteiger partial charge is 0.463 e. The summed E-state index contributed by atoms with van der Waals surface area (Å²) in [6.07, 6.45) is 0. The number of methoxy groups -OCH3 is 1. The van der Waals surface area contributed by atoms with Crippen LogP contribution in [0.15, 0.2) is 24.3 Å². The Morgan fingerprint density at radius 1 is 1.26 bits per heavy atom. The predicted molar refractivity (Wildman–Crippen MR) is 75.1 cm³/mol. The molecule has 1 N–H and O–H groups in total. The Balaban J connectivity index is 2.17.